The summed E-state index contributed by atoms with van der Waals surface area (Å²) in [5.74, 6) is 0.906. The molecule has 1 fully saturated rings. The minimum Gasteiger partial charge on any atom is -0.493 e. The van der Waals surface area contributed by atoms with Gasteiger partial charge < -0.3 is 29.2 Å². The van der Waals surface area contributed by atoms with Crippen molar-refractivity contribution in [2.45, 2.75) is 32.4 Å². The molecule has 1 amide bonds. The fourth-order valence-electron chi connectivity index (χ4n) is 3.63. The van der Waals surface area contributed by atoms with Crippen LogP contribution in [-0.4, -0.2) is 63.0 Å². The fraction of sp³-hybridized carbons (Fsp3) is 0.440. The van der Waals surface area contributed by atoms with Gasteiger partial charge in [0.1, 0.15) is 6.61 Å². The summed E-state index contributed by atoms with van der Waals surface area (Å²) in [6.45, 7) is 4.74. The third kappa shape index (κ3) is 7.68. The van der Waals surface area contributed by atoms with E-state index in [1.165, 1.54) is 0 Å². The molecular formula is C25H32N2O6. The molecule has 178 valence electrons. The van der Waals surface area contributed by atoms with E-state index in [1.54, 1.807) is 31.1 Å². The normalized spacial score (nSPS) is 15.6. The highest BCUT2D eigenvalue weighted by molar-refractivity contribution is 5.73. The molecule has 0 spiro atoms. The van der Waals surface area contributed by atoms with Gasteiger partial charge in [0.15, 0.2) is 11.5 Å². The quantitative estimate of drug-likeness (QED) is 0.550. The highest BCUT2D eigenvalue weighted by Gasteiger charge is 2.24. The number of rotatable bonds is 10. The predicted octanol–water partition coefficient (Wildman–Crippen LogP) is 3.18. The fourth-order valence-corrected chi connectivity index (χ4v) is 3.63. The zero-order chi connectivity index (χ0) is 23.5. The number of esters is 1. The monoisotopic (exact) mass is 456 g/mol. The molecule has 0 radical (unpaired) electrons. The van der Waals surface area contributed by atoms with Crippen LogP contribution in [0.15, 0.2) is 48.5 Å². The molecule has 1 heterocycles. The van der Waals surface area contributed by atoms with E-state index in [4.69, 9.17) is 18.9 Å². The molecule has 8 heteroatoms. The lowest BCUT2D eigenvalue weighted by Crippen LogP contribution is -2.53. The van der Waals surface area contributed by atoms with Crippen molar-refractivity contribution in [2.75, 3.05) is 40.0 Å². The Hall–Kier alpha value is -3.26. The summed E-state index contributed by atoms with van der Waals surface area (Å²) >= 11 is 0. The highest BCUT2D eigenvalue weighted by atomic mass is 16.6. The van der Waals surface area contributed by atoms with Crippen molar-refractivity contribution in [1.82, 2.24) is 10.2 Å². The van der Waals surface area contributed by atoms with Gasteiger partial charge in [-0.2, -0.15) is 0 Å². The number of hydrogen-bond donors (Lipinski definition) is 1. The van der Waals surface area contributed by atoms with E-state index in [9.17, 15) is 9.59 Å². The summed E-state index contributed by atoms with van der Waals surface area (Å²) in [7, 11) is 1.57. The Kier molecular flexibility index (Phi) is 9.38. The Morgan fingerprint density at radius 1 is 1.06 bits per heavy atom. The maximum Gasteiger partial charge on any atom is 0.410 e. The number of ether oxygens (including phenoxy) is 4. The molecule has 2 aromatic carbocycles. The van der Waals surface area contributed by atoms with Gasteiger partial charge in [-0.05, 0) is 36.6 Å². The van der Waals surface area contributed by atoms with Crippen LogP contribution in [0.25, 0.3) is 0 Å². The number of carbonyl (C=O) groups excluding carboxylic acids is 2. The zero-order valence-electron chi connectivity index (χ0n) is 19.2. The molecule has 0 unspecified atom stereocenters. The van der Waals surface area contributed by atoms with Crippen molar-refractivity contribution in [2.24, 2.45) is 0 Å². The van der Waals surface area contributed by atoms with E-state index in [2.05, 4.69) is 5.32 Å². The topological polar surface area (TPSA) is 86.3 Å². The second kappa shape index (κ2) is 12.7. The lowest BCUT2D eigenvalue weighted by atomic mass is 10.1. The van der Waals surface area contributed by atoms with E-state index in [1.807, 2.05) is 36.4 Å². The molecular weight excluding hydrogens is 424 g/mol. The highest BCUT2D eigenvalue weighted by Crippen LogP contribution is 2.28. The number of benzene rings is 2. The SMILES string of the molecule is CCOC(=O)Cc1ccc(OCC[C@@H]2CN(C(=O)OCc3ccccc3)CCN2)c(OC)c1. The first kappa shape index (κ1) is 24.4. The third-order valence-corrected chi connectivity index (χ3v) is 5.32. The lowest BCUT2D eigenvalue weighted by molar-refractivity contribution is -0.142. The van der Waals surface area contributed by atoms with Crippen LogP contribution in [-0.2, 0) is 27.3 Å². The van der Waals surface area contributed by atoms with Crippen molar-refractivity contribution in [3.05, 3.63) is 59.7 Å². The molecule has 1 atom stereocenters. The molecule has 33 heavy (non-hydrogen) atoms. The minimum atomic E-state index is -0.301. The summed E-state index contributed by atoms with van der Waals surface area (Å²) in [5.41, 5.74) is 1.77. The first-order valence-electron chi connectivity index (χ1n) is 11.2. The molecule has 0 bridgehead atoms. The summed E-state index contributed by atoms with van der Waals surface area (Å²) in [4.78, 5) is 25.9. The van der Waals surface area contributed by atoms with Crippen LogP contribution in [0.4, 0.5) is 4.79 Å². The predicted molar refractivity (Wildman–Crippen MR) is 123 cm³/mol. The molecule has 1 saturated heterocycles. The Balaban J connectivity index is 1.45. The first-order valence-corrected chi connectivity index (χ1v) is 11.2. The number of carbonyl (C=O) groups is 2. The largest absolute Gasteiger partial charge is 0.493 e. The average Bonchev–Trinajstić information content (AvgIpc) is 2.84. The van der Waals surface area contributed by atoms with Crippen molar-refractivity contribution >= 4 is 12.1 Å². The number of amides is 1. The van der Waals surface area contributed by atoms with Crippen LogP contribution < -0.4 is 14.8 Å². The summed E-state index contributed by atoms with van der Waals surface area (Å²) < 4.78 is 21.8. The van der Waals surface area contributed by atoms with E-state index in [0.29, 0.717) is 44.3 Å². The Morgan fingerprint density at radius 3 is 2.64 bits per heavy atom. The average molecular weight is 457 g/mol. The van der Waals surface area contributed by atoms with Crippen molar-refractivity contribution in [3.8, 4) is 11.5 Å². The van der Waals surface area contributed by atoms with Crippen LogP contribution in [0.3, 0.4) is 0 Å². The summed E-state index contributed by atoms with van der Waals surface area (Å²) in [6, 6.07) is 15.2. The zero-order valence-corrected chi connectivity index (χ0v) is 19.2. The van der Waals surface area contributed by atoms with Crippen molar-refractivity contribution in [1.29, 1.82) is 0 Å². The number of nitrogens with one attached hydrogen (secondary N) is 1. The number of hydrogen-bond acceptors (Lipinski definition) is 7. The minimum absolute atomic E-state index is 0.108. The Morgan fingerprint density at radius 2 is 1.88 bits per heavy atom. The van der Waals surface area contributed by atoms with Gasteiger partial charge in [-0.15, -0.1) is 0 Å². The maximum absolute atomic E-state index is 12.4. The van der Waals surface area contributed by atoms with E-state index in [-0.39, 0.29) is 31.1 Å². The summed E-state index contributed by atoms with van der Waals surface area (Å²) in [6.07, 6.45) is 0.605. The van der Waals surface area contributed by atoms with Crippen LogP contribution in [0.1, 0.15) is 24.5 Å². The smallest absolute Gasteiger partial charge is 0.410 e. The number of nitrogens with zero attached hydrogens (tertiary/aromatic N) is 1. The molecule has 0 aliphatic carbocycles. The second-order valence-electron chi connectivity index (χ2n) is 7.74. The van der Waals surface area contributed by atoms with E-state index in [0.717, 1.165) is 17.5 Å². The van der Waals surface area contributed by atoms with Crippen molar-refractivity contribution < 1.29 is 28.5 Å². The van der Waals surface area contributed by atoms with E-state index >= 15 is 0 Å². The van der Waals surface area contributed by atoms with Gasteiger partial charge in [-0.25, -0.2) is 4.79 Å². The first-order chi connectivity index (χ1) is 16.1. The van der Waals surface area contributed by atoms with Crippen LogP contribution in [0.5, 0.6) is 11.5 Å². The molecule has 1 aliphatic heterocycles. The van der Waals surface area contributed by atoms with E-state index < -0.39 is 0 Å². The molecule has 0 aromatic heterocycles. The molecule has 1 aliphatic rings. The molecule has 0 saturated carbocycles. The maximum atomic E-state index is 12.4. The van der Waals surface area contributed by atoms with Gasteiger partial charge in [0, 0.05) is 25.7 Å². The second-order valence-corrected chi connectivity index (χ2v) is 7.74. The summed E-state index contributed by atoms with van der Waals surface area (Å²) in [5, 5.41) is 3.42. The lowest BCUT2D eigenvalue weighted by Gasteiger charge is -2.33. The Labute approximate surface area is 194 Å². The molecule has 2 aromatic rings. The van der Waals surface area contributed by atoms with Crippen LogP contribution >= 0.6 is 0 Å². The Bertz CT molecular complexity index is 905. The number of methoxy groups -OCH3 is 1. The van der Waals surface area contributed by atoms with Crippen LogP contribution in [0, 0.1) is 0 Å². The van der Waals surface area contributed by atoms with Gasteiger partial charge in [0.05, 0.1) is 26.7 Å². The third-order valence-electron chi connectivity index (χ3n) is 5.32. The van der Waals surface area contributed by atoms with Gasteiger partial charge in [-0.1, -0.05) is 36.4 Å². The van der Waals surface area contributed by atoms with Crippen LogP contribution in [0.2, 0.25) is 0 Å². The van der Waals surface area contributed by atoms with Gasteiger partial charge >= 0.3 is 12.1 Å². The van der Waals surface area contributed by atoms with Gasteiger partial charge in [0.2, 0.25) is 0 Å². The molecule has 3 rings (SSSR count). The molecule has 1 N–H and O–H groups in total. The standard InChI is InChI=1S/C25H32N2O6/c1-3-31-24(28)16-20-9-10-22(23(15-20)30-2)32-14-11-21-17-27(13-12-26-21)25(29)33-18-19-7-5-4-6-8-19/h4-10,15,21,26H,3,11-14,16-18H2,1-2H3/t21-/m1/s1. The van der Waals surface area contributed by atoms with Crippen molar-refractivity contribution in [3.63, 3.8) is 0 Å². The molecule has 8 nitrogen and oxygen atoms in total. The van der Waals surface area contributed by atoms with Gasteiger partial charge in [-0.3, -0.25) is 4.79 Å². The number of piperazine rings is 1. The van der Waals surface area contributed by atoms with Gasteiger partial charge in [0.25, 0.3) is 0 Å².